The van der Waals surface area contributed by atoms with E-state index in [2.05, 4.69) is 15.1 Å². The fourth-order valence-corrected chi connectivity index (χ4v) is 3.97. The number of benzene rings is 3. The number of hydrogen-bond donors (Lipinski definition) is 1. The number of aromatic nitrogens is 4. The third kappa shape index (κ3) is 4.70. The second kappa shape index (κ2) is 9.29. The Bertz CT molecular complexity index is 1650. The van der Waals surface area contributed by atoms with E-state index in [1.54, 1.807) is 12.1 Å². The summed E-state index contributed by atoms with van der Waals surface area (Å²) < 4.78 is 45.5. The SMILES string of the molecule is O=c1[nH]c2cc(-c3nc(-c4cccc(C(F)(F)F)c4)no3)ccc2c(=O)n1CCCc1ccccc1. The van der Waals surface area contributed by atoms with E-state index < -0.39 is 23.0 Å². The van der Waals surface area contributed by atoms with Crippen molar-refractivity contribution in [3.8, 4) is 22.8 Å². The summed E-state index contributed by atoms with van der Waals surface area (Å²) in [6, 6.07) is 19.0. The van der Waals surface area contributed by atoms with Crippen LogP contribution in [0.25, 0.3) is 33.7 Å². The van der Waals surface area contributed by atoms with E-state index in [1.807, 2.05) is 30.3 Å². The van der Waals surface area contributed by atoms with Gasteiger partial charge in [0.15, 0.2) is 0 Å². The number of halogens is 3. The van der Waals surface area contributed by atoms with E-state index >= 15 is 0 Å². The zero-order chi connectivity index (χ0) is 25.3. The van der Waals surface area contributed by atoms with Gasteiger partial charge in [-0.3, -0.25) is 9.36 Å². The molecule has 36 heavy (non-hydrogen) atoms. The van der Waals surface area contributed by atoms with Gasteiger partial charge in [0.2, 0.25) is 5.82 Å². The molecule has 2 aromatic heterocycles. The second-order valence-electron chi connectivity index (χ2n) is 8.24. The van der Waals surface area contributed by atoms with E-state index in [0.29, 0.717) is 22.9 Å². The third-order valence-electron chi connectivity index (χ3n) is 5.79. The Hall–Kier alpha value is -4.47. The zero-order valence-electron chi connectivity index (χ0n) is 18.7. The molecular formula is C26H19F3N4O3. The van der Waals surface area contributed by atoms with Crippen LogP contribution < -0.4 is 11.2 Å². The molecule has 7 nitrogen and oxygen atoms in total. The number of fused-ring (bicyclic) bond motifs is 1. The Balaban J connectivity index is 1.41. The fourth-order valence-electron chi connectivity index (χ4n) is 3.97. The molecule has 0 aliphatic heterocycles. The van der Waals surface area contributed by atoms with Gasteiger partial charge in [-0.1, -0.05) is 47.6 Å². The smallest absolute Gasteiger partial charge is 0.334 e. The quantitative estimate of drug-likeness (QED) is 0.358. The Kier molecular flexibility index (Phi) is 6.01. The first-order chi connectivity index (χ1) is 17.3. The van der Waals surface area contributed by atoms with Gasteiger partial charge in [0, 0.05) is 17.7 Å². The van der Waals surface area contributed by atoms with Crippen LogP contribution in [0.1, 0.15) is 17.5 Å². The lowest BCUT2D eigenvalue weighted by Gasteiger charge is -2.07. The van der Waals surface area contributed by atoms with Crippen molar-refractivity contribution in [2.24, 2.45) is 0 Å². The summed E-state index contributed by atoms with van der Waals surface area (Å²) in [5.41, 5.74) is 0.195. The first kappa shape index (κ1) is 23.3. The normalized spacial score (nSPS) is 11.8. The summed E-state index contributed by atoms with van der Waals surface area (Å²) in [7, 11) is 0. The van der Waals surface area contributed by atoms with Gasteiger partial charge in [0.05, 0.1) is 16.5 Å². The standard InChI is InChI=1S/C26H19F3N4O3/c27-26(28,29)19-10-4-9-17(14-19)22-31-23(36-32-22)18-11-12-20-21(15-18)30-25(35)33(24(20)34)13-5-8-16-6-2-1-3-7-16/h1-4,6-7,9-12,14-15H,5,8,13H2,(H,30,35). The van der Waals surface area contributed by atoms with Crippen molar-refractivity contribution in [3.63, 3.8) is 0 Å². The molecule has 0 aliphatic rings. The minimum atomic E-state index is -4.50. The Labute approximate surface area is 201 Å². The molecule has 1 N–H and O–H groups in total. The van der Waals surface area contributed by atoms with E-state index in [0.717, 1.165) is 24.1 Å². The minimum absolute atomic E-state index is 0.0153. The molecule has 0 atom stereocenters. The van der Waals surface area contributed by atoms with Crippen molar-refractivity contribution < 1.29 is 17.7 Å². The van der Waals surface area contributed by atoms with Crippen molar-refractivity contribution in [1.29, 1.82) is 0 Å². The molecule has 10 heteroatoms. The number of aromatic amines is 1. The topological polar surface area (TPSA) is 93.8 Å². The molecule has 0 aliphatic carbocycles. The molecule has 0 radical (unpaired) electrons. The number of aryl methyl sites for hydroxylation is 1. The van der Waals surface area contributed by atoms with E-state index in [4.69, 9.17) is 4.52 Å². The molecule has 2 heterocycles. The summed E-state index contributed by atoms with van der Waals surface area (Å²) in [6.45, 7) is 0.269. The van der Waals surface area contributed by atoms with Crippen LogP contribution in [0.15, 0.2) is 86.9 Å². The van der Waals surface area contributed by atoms with Gasteiger partial charge in [0.1, 0.15) is 0 Å². The van der Waals surface area contributed by atoms with Crippen LogP contribution in [-0.2, 0) is 19.1 Å². The van der Waals surface area contributed by atoms with Crippen molar-refractivity contribution in [2.75, 3.05) is 0 Å². The molecule has 0 amide bonds. The Morgan fingerprint density at radius 2 is 1.72 bits per heavy atom. The highest BCUT2D eigenvalue weighted by Gasteiger charge is 2.30. The lowest BCUT2D eigenvalue weighted by molar-refractivity contribution is -0.137. The maximum absolute atomic E-state index is 13.0. The maximum Gasteiger partial charge on any atom is 0.416 e. The Morgan fingerprint density at radius 1 is 0.917 bits per heavy atom. The average molecular weight is 492 g/mol. The highest BCUT2D eigenvalue weighted by atomic mass is 19.4. The van der Waals surface area contributed by atoms with Crippen molar-refractivity contribution in [2.45, 2.75) is 25.6 Å². The van der Waals surface area contributed by atoms with Gasteiger partial charge >= 0.3 is 11.9 Å². The first-order valence-corrected chi connectivity index (χ1v) is 11.1. The maximum atomic E-state index is 13.0. The number of nitrogens with one attached hydrogen (secondary N) is 1. The number of nitrogens with zero attached hydrogens (tertiary/aromatic N) is 3. The van der Waals surface area contributed by atoms with Gasteiger partial charge in [0.25, 0.3) is 11.4 Å². The zero-order valence-corrected chi connectivity index (χ0v) is 18.7. The number of H-pyrrole nitrogens is 1. The monoisotopic (exact) mass is 492 g/mol. The van der Waals surface area contributed by atoms with Gasteiger partial charge in [-0.15, -0.1) is 0 Å². The molecule has 0 fully saturated rings. The predicted molar refractivity (Wildman–Crippen MR) is 127 cm³/mol. The molecule has 0 saturated carbocycles. The summed E-state index contributed by atoms with van der Waals surface area (Å²) in [6.07, 6.45) is -3.15. The number of hydrogen-bond acceptors (Lipinski definition) is 5. The lowest BCUT2D eigenvalue weighted by atomic mass is 10.1. The van der Waals surface area contributed by atoms with Crippen LogP contribution in [0.2, 0.25) is 0 Å². The molecule has 182 valence electrons. The Morgan fingerprint density at radius 3 is 2.50 bits per heavy atom. The minimum Gasteiger partial charge on any atom is -0.334 e. The van der Waals surface area contributed by atoms with Crippen LogP contribution in [0.5, 0.6) is 0 Å². The summed E-state index contributed by atoms with van der Waals surface area (Å²) in [5, 5.41) is 4.10. The molecule has 3 aromatic carbocycles. The molecule has 5 aromatic rings. The number of rotatable bonds is 6. The van der Waals surface area contributed by atoms with Crippen molar-refractivity contribution >= 4 is 10.9 Å². The molecule has 0 bridgehead atoms. The van der Waals surface area contributed by atoms with Crippen LogP contribution in [-0.4, -0.2) is 19.7 Å². The molecule has 0 saturated heterocycles. The molecule has 0 unspecified atom stereocenters. The van der Waals surface area contributed by atoms with Crippen LogP contribution in [0.3, 0.4) is 0 Å². The first-order valence-electron chi connectivity index (χ1n) is 11.1. The fraction of sp³-hybridized carbons (Fsp3) is 0.154. The van der Waals surface area contributed by atoms with E-state index in [-0.39, 0.29) is 23.8 Å². The third-order valence-corrected chi connectivity index (χ3v) is 5.79. The predicted octanol–water partition coefficient (Wildman–Crippen LogP) is 5.06. The molecule has 0 spiro atoms. The second-order valence-corrected chi connectivity index (χ2v) is 8.24. The van der Waals surface area contributed by atoms with Crippen molar-refractivity contribution in [3.05, 3.63) is 105 Å². The van der Waals surface area contributed by atoms with Crippen LogP contribution >= 0.6 is 0 Å². The highest BCUT2D eigenvalue weighted by Crippen LogP contribution is 2.32. The van der Waals surface area contributed by atoms with Gasteiger partial charge in [-0.25, -0.2) is 4.79 Å². The summed E-state index contributed by atoms with van der Waals surface area (Å²) in [4.78, 5) is 32.5. The van der Waals surface area contributed by atoms with Gasteiger partial charge in [-0.2, -0.15) is 18.2 Å². The average Bonchev–Trinajstić information content (AvgIpc) is 3.36. The highest BCUT2D eigenvalue weighted by molar-refractivity contribution is 5.82. The van der Waals surface area contributed by atoms with Gasteiger partial charge < -0.3 is 9.51 Å². The van der Waals surface area contributed by atoms with E-state index in [1.165, 1.54) is 22.8 Å². The van der Waals surface area contributed by atoms with Crippen molar-refractivity contribution in [1.82, 2.24) is 19.7 Å². The summed E-state index contributed by atoms with van der Waals surface area (Å²) in [5.74, 6) is 0.0238. The number of alkyl halides is 3. The molecule has 5 rings (SSSR count). The lowest BCUT2D eigenvalue weighted by Crippen LogP contribution is -2.35. The molecular weight excluding hydrogens is 473 g/mol. The summed E-state index contributed by atoms with van der Waals surface area (Å²) >= 11 is 0. The van der Waals surface area contributed by atoms with Crippen LogP contribution in [0.4, 0.5) is 13.2 Å². The largest absolute Gasteiger partial charge is 0.416 e. The van der Waals surface area contributed by atoms with Crippen LogP contribution in [0, 0.1) is 0 Å². The van der Waals surface area contributed by atoms with E-state index in [9.17, 15) is 22.8 Å². The van der Waals surface area contributed by atoms with Gasteiger partial charge in [-0.05, 0) is 48.7 Å².